The molecule has 0 aromatic heterocycles. The smallest absolute Gasteiger partial charge is 0.223 e. The lowest BCUT2D eigenvalue weighted by atomic mass is 10.0. The van der Waals surface area contributed by atoms with Crippen LogP contribution in [0.5, 0.6) is 0 Å². The Labute approximate surface area is 117 Å². The van der Waals surface area contributed by atoms with E-state index >= 15 is 0 Å². The van der Waals surface area contributed by atoms with Gasteiger partial charge >= 0.3 is 0 Å². The van der Waals surface area contributed by atoms with Crippen molar-refractivity contribution in [2.45, 2.75) is 52.0 Å². The summed E-state index contributed by atoms with van der Waals surface area (Å²) in [4.78, 5) is 14.8. The fourth-order valence-electron chi connectivity index (χ4n) is 4.14. The first-order valence-electron chi connectivity index (χ1n) is 8.17. The molecule has 0 bridgehead atoms. The first-order valence-corrected chi connectivity index (χ1v) is 8.17. The highest BCUT2D eigenvalue weighted by atomic mass is 16.1. The van der Waals surface area contributed by atoms with Crippen LogP contribution in [0.1, 0.15) is 46.0 Å². The normalized spacial score (nSPS) is 35.4. The number of rotatable bonds is 5. The first-order chi connectivity index (χ1) is 9.15. The SMILES string of the molecule is CC(C)C(CNC(=O)C1CC2CC2C1)N1CCCC1. The Balaban J connectivity index is 1.47. The molecule has 3 nitrogen and oxygen atoms in total. The lowest BCUT2D eigenvalue weighted by Gasteiger charge is -2.31. The quantitative estimate of drug-likeness (QED) is 0.826. The molecule has 1 heterocycles. The Morgan fingerprint density at radius 3 is 2.37 bits per heavy atom. The summed E-state index contributed by atoms with van der Waals surface area (Å²) in [5, 5.41) is 3.24. The average molecular weight is 264 g/mol. The molecule has 3 atom stereocenters. The Hall–Kier alpha value is -0.570. The van der Waals surface area contributed by atoms with E-state index in [0.29, 0.717) is 23.8 Å². The molecule has 3 unspecified atom stereocenters. The predicted molar refractivity (Wildman–Crippen MR) is 76.8 cm³/mol. The zero-order valence-corrected chi connectivity index (χ0v) is 12.4. The van der Waals surface area contributed by atoms with E-state index < -0.39 is 0 Å². The van der Waals surface area contributed by atoms with Crippen LogP contribution in [-0.2, 0) is 4.79 Å². The van der Waals surface area contributed by atoms with E-state index in [1.807, 2.05) is 0 Å². The zero-order valence-electron chi connectivity index (χ0n) is 12.4. The number of hydrogen-bond donors (Lipinski definition) is 1. The van der Waals surface area contributed by atoms with Gasteiger partial charge in [0.25, 0.3) is 0 Å². The third-order valence-corrected chi connectivity index (χ3v) is 5.48. The van der Waals surface area contributed by atoms with Crippen LogP contribution in [0, 0.1) is 23.7 Å². The van der Waals surface area contributed by atoms with E-state index in [2.05, 4.69) is 24.1 Å². The molecule has 1 aliphatic heterocycles. The van der Waals surface area contributed by atoms with E-state index in [1.54, 1.807) is 0 Å². The Bertz CT molecular complexity index is 326. The second kappa shape index (κ2) is 5.43. The van der Waals surface area contributed by atoms with Crippen molar-refractivity contribution in [2.24, 2.45) is 23.7 Å². The van der Waals surface area contributed by atoms with Gasteiger partial charge in [-0.25, -0.2) is 0 Å². The molecule has 0 spiro atoms. The van der Waals surface area contributed by atoms with Gasteiger partial charge in [0.2, 0.25) is 5.91 Å². The van der Waals surface area contributed by atoms with Gasteiger partial charge in [-0.15, -0.1) is 0 Å². The summed E-state index contributed by atoms with van der Waals surface area (Å²) >= 11 is 0. The highest BCUT2D eigenvalue weighted by Gasteiger charge is 2.48. The lowest BCUT2D eigenvalue weighted by molar-refractivity contribution is -0.125. The summed E-state index contributed by atoms with van der Waals surface area (Å²) < 4.78 is 0. The monoisotopic (exact) mass is 264 g/mol. The first kappa shape index (κ1) is 13.4. The van der Waals surface area contributed by atoms with Crippen LogP contribution in [0.4, 0.5) is 0 Å². The Morgan fingerprint density at radius 2 is 1.79 bits per heavy atom. The summed E-state index contributed by atoms with van der Waals surface area (Å²) in [5.41, 5.74) is 0. The van der Waals surface area contributed by atoms with Crippen molar-refractivity contribution in [3.63, 3.8) is 0 Å². The summed E-state index contributed by atoms with van der Waals surface area (Å²) in [6.45, 7) is 7.83. The van der Waals surface area contributed by atoms with Gasteiger partial charge in [-0.3, -0.25) is 9.69 Å². The van der Waals surface area contributed by atoms with Crippen molar-refractivity contribution in [1.29, 1.82) is 0 Å². The second-order valence-corrected chi connectivity index (χ2v) is 7.22. The molecule has 1 saturated heterocycles. The van der Waals surface area contributed by atoms with E-state index in [0.717, 1.165) is 31.2 Å². The molecule has 1 amide bonds. The molecular weight excluding hydrogens is 236 g/mol. The zero-order chi connectivity index (χ0) is 13.4. The maximum Gasteiger partial charge on any atom is 0.223 e. The van der Waals surface area contributed by atoms with Crippen molar-refractivity contribution in [2.75, 3.05) is 19.6 Å². The maximum atomic E-state index is 12.2. The van der Waals surface area contributed by atoms with Crippen LogP contribution in [-0.4, -0.2) is 36.5 Å². The van der Waals surface area contributed by atoms with E-state index in [1.165, 1.54) is 32.4 Å². The van der Waals surface area contributed by atoms with Crippen molar-refractivity contribution in [1.82, 2.24) is 10.2 Å². The van der Waals surface area contributed by atoms with Gasteiger partial charge in [-0.1, -0.05) is 13.8 Å². The number of carbonyl (C=O) groups excluding carboxylic acids is 1. The van der Waals surface area contributed by atoms with Gasteiger partial charge < -0.3 is 5.32 Å². The lowest BCUT2D eigenvalue weighted by Crippen LogP contribution is -2.46. The molecule has 0 aromatic carbocycles. The Morgan fingerprint density at radius 1 is 1.16 bits per heavy atom. The molecule has 3 rings (SSSR count). The molecule has 19 heavy (non-hydrogen) atoms. The van der Waals surface area contributed by atoms with Crippen LogP contribution in [0.25, 0.3) is 0 Å². The molecule has 0 aromatic rings. The van der Waals surface area contributed by atoms with Crippen LogP contribution >= 0.6 is 0 Å². The Kier molecular flexibility index (Phi) is 3.84. The van der Waals surface area contributed by atoms with Crippen molar-refractivity contribution >= 4 is 5.91 Å². The number of carbonyl (C=O) groups is 1. The van der Waals surface area contributed by atoms with Gasteiger partial charge in [0, 0.05) is 18.5 Å². The predicted octanol–water partition coefficient (Wildman–Crippen LogP) is 2.27. The van der Waals surface area contributed by atoms with Crippen LogP contribution < -0.4 is 5.32 Å². The molecule has 3 aliphatic rings. The van der Waals surface area contributed by atoms with Gasteiger partial charge in [0.1, 0.15) is 0 Å². The van der Waals surface area contributed by atoms with Gasteiger partial charge in [0.15, 0.2) is 0 Å². The minimum atomic E-state index is 0.329. The van der Waals surface area contributed by atoms with E-state index in [-0.39, 0.29) is 0 Å². The molecule has 2 saturated carbocycles. The third kappa shape index (κ3) is 2.96. The molecule has 3 heteroatoms. The molecular formula is C16H28N2O. The summed E-state index contributed by atoms with van der Waals surface area (Å²) in [6, 6.07) is 0.530. The standard InChI is InChI=1S/C16H28N2O/c1-11(2)15(18-5-3-4-6-18)10-17-16(19)14-8-12-7-13(12)9-14/h11-15H,3-10H2,1-2H3,(H,17,19). The van der Waals surface area contributed by atoms with Crippen LogP contribution in [0.3, 0.4) is 0 Å². The topological polar surface area (TPSA) is 32.3 Å². The van der Waals surface area contributed by atoms with E-state index in [4.69, 9.17) is 0 Å². The minimum absolute atomic E-state index is 0.329. The second-order valence-electron chi connectivity index (χ2n) is 7.22. The average Bonchev–Trinajstić information content (AvgIpc) is 2.84. The van der Waals surface area contributed by atoms with E-state index in [9.17, 15) is 4.79 Å². The number of fused-ring (bicyclic) bond motifs is 1. The number of nitrogens with one attached hydrogen (secondary N) is 1. The summed E-state index contributed by atoms with van der Waals surface area (Å²) in [5.74, 6) is 3.08. The van der Waals surface area contributed by atoms with Crippen LogP contribution in [0.15, 0.2) is 0 Å². The molecule has 108 valence electrons. The number of nitrogens with zero attached hydrogens (tertiary/aromatic N) is 1. The number of hydrogen-bond acceptors (Lipinski definition) is 2. The maximum absolute atomic E-state index is 12.2. The van der Waals surface area contributed by atoms with Gasteiger partial charge in [-0.05, 0) is 62.9 Å². The summed E-state index contributed by atoms with van der Waals surface area (Å²) in [7, 11) is 0. The largest absolute Gasteiger partial charge is 0.354 e. The molecule has 1 N–H and O–H groups in total. The van der Waals surface area contributed by atoms with Gasteiger partial charge in [-0.2, -0.15) is 0 Å². The van der Waals surface area contributed by atoms with Crippen molar-refractivity contribution in [3.8, 4) is 0 Å². The highest BCUT2D eigenvalue weighted by molar-refractivity contribution is 5.79. The molecule has 3 fully saturated rings. The minimum Gasteiger partial charge on any atom is -0.354 e. The molecule has 0 radical (unpaired) electrons. The highest BCUT2D eigenvalue weighted by Crippen LogP contribution is 2.54. The van der Waals surface area contributed by atoms with Crippen LogP contribution in [0.2, 0.25) is 0 Å². The van der Waals surface area contributed by atoms with Crippen molar-refractivity contribution in [3.05, 3.63) is 0 Å². The summed E-state index contributed by atoms with van der Waals surface area (Å²) in [6.07, 6.45) is 6.36. The molecule has 2 aliphatic carbocycles. The van der Waals surface area contributed by atoms with Crippen molar-refractivity contribution < 1.29 is 4.79 Å². The fraction of sp³-hybridized carbons (Fsp3) is 0.938. The van der Waals surface area contributed by atoms with Gasteiger partial charge in [0.05, 0.1) is 0 Å². The fourth-order valence-corrected chi connectivity index (χ4v) is 4.14. The number of amides is 1. The number of likely N-dealkylation sites (tertiary alicyclic amines) is 1. The third-order valence-electron chi connectivity index (χ3n) is 5.48.